The molecule has 8 nitrogen and oxygen atoms in total. The van der Waals surface area contributed by atoms with Gasteiger partial charge in [0.05, 0.1) is 31.9 Å². The largest absolute Gasteiger partial charge is 0.495 e. The van der Waals surface area contributed by atoms with Crippen LogP contribution in [0.2, 0.25) is 0 Å². The summed E-state index contributed by atoms with van der Waals surface area (Å²) in [6.07, 6.45) is 0.672. The molecule has 1 fully saturated rings. The normalized spacial score (nSPS) is 28.5. The number of ether oxygens (including phenoxy) is 2. The lowest BCUT2D eigenvalue weighted by molar-refractivity contribution is -0.144. The van der Waals surface area contributed by atoms with E-state index >= 15 is 0 Å². The number of allylic oxidation sites excluding steroid dienone is 3. The number of halogens is 3. The van der Waals surface area contributed by atoms with Gasteiger partial charge in [0.1, 0.15) is 12.4 Å². The van der Waals surface area contributed by atoms with Crippen molar-refractivity contribution in [2.45, 2.75) is 38.4 Å². The predicted octanol–water partition coefficient (Wildman–Crippen LogP) is 2.70. The molecule has 0 aromatic heterocycles. The zero-order chi connectivity index (χ0) is 22.3. The molecule has 0 radical (unpaired) electrons. The van der Waals surface area contributed by atoms with Crippen LogP contribution in [0, 0.1) is 11.8 Å². The van der Waals surface area contributed by atoms with E-state index in [1.807, 2.05) is 13.0 Å². The highest BCUT2D eigenvalue weighted by Crippen LogP contribution is 2.36. The monoisotopic (exact) mass is 439 g/mol. The van der Waals surface area contributed by atoms with Crippen molar-refractivity contribution in [2.75, 3.05) is 27.3 Å². The molecule has 0 aliphatic carbocycles. The number of fused-ring (bicyclic) bond motifs is 1. The highest BCUT2D eigenvalue weighted by atomic mass is 19.4. The number of nitrogens with zero attached hydrogens (tertiary/aromatic N) is 5. The Kier molecular flexibility index (Phi) is 5.52. The summed E-state index contributed by atoms with van der Waals surface area (Å²) in [6, 6.07) is -0.363. The van der Waals surface area contributed by atoms with E-state index < -0.39 is 18.6 Å². The molecule has 0 aromatic carbocycles. The number of methoxy groups -OCH3 is 2. The van der Waals surface area contributed by atoms with Crippen LogP contribution >= 0.6 is 0 Å². The summed E-state index contributed by atoms with van der Waals surface area (Å²) in [5.74, 6) is 0.745. The van der Waals surface area contributed by atoms with Gasteiger partial charge in [-0.15, -0.1) is 0 Å². The van der Waals surface area contributed by atoms with Gasteiger partial charge in [0.2, 0.25) is 5.91 Å². The second kappa shape index (κ2) is 8.01. The number of alkyl halides is 3. The summed E-state index contributed by atoms with van der Waals surface area (Å²) in [4.78, 5) is 23.6. The molecule has 4 heterocycles. The Balaban J connectivity index is 1.52. The van der Waals surface area contributed by atoms with Crippen LogP contribution in [0.4, 0.5) is 13.2 Å². The van der Waals surface area contributed by atoms with Crippen molar-refractivity contribution in [1.82, 2.24) is 9.91 Å². The first-order valence-electron chi connectivity index (χ1n) is 10.1. The topological polar surface area (TPSA) is 79.1 Å². The number of hydrazone groups is 1. The first kappa shape index (κ1) is 21.4. The van der Waals surface area contributed by atoms with Crippen molar-refractivity contribution < 1.29 is 27.4 Å². The van der Waals surface area contributed by atoms with E-state index in [1.54, 1.807) is 13.3 Å². The third-order valence-electron chi connectivity index (χ3n) is 5.85. The van der Waals surface area contributed by atoms with E-state index in [0.29, 0.717) is 42.5 Å². The molecule has 31 heavy (non-hydrogen) atoms. The van der Waals surface area contributed by atoms with Gasteiger partial charge >= 0.3 is 6.18 Å². The van der Waals surface area contributed by atoms with E-state index in [4.69, 9.17) is 14.5 Å². The van der Waals surface area contributed by atoms with Crippen LogP contribution in [0.3, 0.4) is 0 Å². The molecular weight excluding hydrogens is 415 g/mol. The average molecular weight is 439 g/mol. The van der Waals surface area contributed by atoms with Gasteiger partial charge in [0, 0.05) is 37.2 Å². The summed E-state index contributed by atoms with van der Waals surface area (Å²) in [5, 5.41) is 5.03. The summed E-state index contributed by atoms with van der Waals surface area (Å²) in [7, 11) is 3.09. The van der Waals surface area contributed by atoms with Crippen molar-refractivity contribution in [3.8, 4) is 0 Å². The molecule has 2 unspecified atom stereocenters. The third kappa shape index (κ3) is 4.05. The van der Waals surface area contributed by atoms with Crippen molar-refractivity contribution in [2.24, 2.45) is 26.9 Å². The molecule has 1 saturated heterocycles. The molecule has 4 aliphatic heterocycles. The lowest BCUT2D eigenvalue weighted by Gasteiger charge is -2.24. The summed E-state index contributed by atoms with van der Waals surface area (Å²) in [5.41, 5.74) is 1.52. The smallest absolute Gasteiger partial charge is 0.407 e. The fourth-order valence-corrected chi connectivity index (χ4v) is 4.39. The van der Waals surface area contributed by atoms with E-state index in [2.05, 4.69) is 10.1 Å². The number of carbonyl (C=O) groups excluding carboxylic acids is 1. The maximum atomic E-state index is 13.0. The highest BCUT2D eigenvalue weighted by molar-refractivity contribution is 6.20. The van der Waals surface area contributed by atoms with Gasteiger partial charge in [-0.3, -0.25) is 19.7 Å². The van der Waals surface area contributed by atoms with E-state index in [9.17, 15) is 18.0 Å². The number of likely N-dealkylation sites (tertiary alicyclic amines) is 1. The molecule has 0 spiro atoms. The zero-order valence-corrected chi connectivity index (χ0v) is 17.5. The lowest BCUT2D eigenvalue weighted by atomic mass is 9.91. The first-order valence-corrected chi connectivity index (χ1v) is 10.1. The minimum absolute atomic E-state index is 0.107. The van der Waals surface area contributed by atoms with Gasteiger partial charge in [-0.25, -0.2) is 4.99 Å². The van der Waals surface area contributed by atoms with Gasteiger partial charge < -0.3 is 9.47 Å². The molecule has 168 valence electrons. The number of amides is 1. The Morgan fingerprint density at radius 2 is 2.03 bits per heavy atom. The minimum atomic E-state index is -4.34. The number of rotatable bonds is 4. The summed E-state index contributed by atoms with van der Waals surface area (Å²) in [6.45, 7) is 0.856. The quantitative estimate of drug-likeness (QED) is 0.675. The van der Waals surface area contributed by atoms with Crippen LogP contribution < -0.4 is 0 Å². The molecule has 4 rings (SSSR count). The van der Waals surface area contributed by atoms with Crippen molar-refractivity contribution in [1.29, 1.82) is 0 Å². The fraction of sp³-hybridized carbons (Fsp3) is 0.600. The fourth-order valence-electron chi connectivity index (χ4n) is 4.39. The second-order valence-electron chi connectivity index (χ2n) is 7.83. The second-order valence-corrected chi connectivity index (χ2v) is 7.83. The Bertz CT molecular complexity index is 922. The SMILES string of the molecule is COC1=C(OC)N=CC(C2=CCC3C(=O)N(C4=NN(CC(F)(F)F)CC4)[C@H](C)C3=N2)C1. The van der Waals surface area contributed by atoms with Crippen molar-refractivity contribution in [3.63, 3.8) is 0 Å². The van der Waals surface area contributed by atoms with E-state index in [1.165, 1.54) is 12.0 Å². The standard InChI is InChI=1S/C20H24F3N5O3/c1-11-17-13(19(29)28(11)16-6-7-27(26-16)10-20(21,22)23)4-5-14(25-17)12-8-15(30-2)18(31-3)24-9-12/h5,9,11-13H,4,6-8,10H2,1-3H3/t11-,12?,13?/m1/s1. The van der Waals surface area contributed by atoms with Gasteiger partial charge in [-0.1, -0.05) is 6.08 Å². The summed E-state index contributed by atoms with van der Waals surface area (Å²) < 4.78 is 48.6. The lowest BCUT2D eigenvalue weighted by Crippen LogP contribution is -2.38. The molecule has 4 aliphatic rings. The number of hydrogen-bond donors (Lipinski definition) is 0. The molecule has 3 atom stereocenters. The highest BCUT2D eigenvalue weighted by Gasteiger charge is 2.47. The maximum Gasteiger partial charge on any atom is 0.407 e. The van der Waals surface area contributed by atoms with Crippen molar-refractivity contribution >= 4 is 23.7 Å². The Morgan fingerprint density at radius 1 is 1.26 bits per heavy atom. The number of aliphatic imine (C=N–C) groups is 2. The average Bonchev–Trinajstić information content (AvgIpc) is 3.27. The van der Waals surface area contributed by atoms with Crippen LogP contribution in [-0.4, -0.2) is 73.1 Å². The van der Waals surface area contributed by atoms with Crippen LogP contribution in [0.15, 0.2) is 38.5 Å². The minimum Gasteiger partial charge on any atom is -0.495 e. The van der Waals surface area contributed by atoms with Gasteiger partial charge in [-0.05, 0) is 13.3 Å². The number of hydrogen-bond acceptors (Lipinski definition) is 7. The molecule has 1 amide bonds. The predicted molar refractivity (Wildman–Crippen MR) is 107 cm³/mol. The zero-order valence-electron chi connectivity index (χ0n) is 17.5. The maximum absolute atomic E-state index is 13.0. The molecular formula is C20H24F3N5O3. The summed E-state index contributed by atoms with van der Waals surface area (Å²) >= 11 is 0. The Hall–Kier alpha value is -2.85. The van der Waals surface area contributed by atoms with Gasteiger partial charge in [0.25, 0.3) is 5.88 Å². The molecule has 0 N–H and O–H groups in total. The van der Waals surface area contributed by atoms with Crippen molar-refractivity contribution in [3.05, 3.63) is 23.4 Å². The molecule has 11 heteroatoms. The molecule has 0 aromatic rings. The third-order valence-corrected chi connectivity index (χ3v) is 5.85. The molecule has 0 saturated carbocycles. The van der Waals surface area contributed by atoms with Gasteiger partial charge in [-0.2, -0.15) is 18.3 Å². The van der Waals surface area contributed by atoms with Crippen LogP contribution in [0.5, 0.6) is 0 Å². The van der Waals surface area contributed by atoms with Crippen LogP contribution in [0.1, 0.15) is 26.2 Å². The van der Waals surface area contributed by atoms with Crippen LogP contribution in [-0.2, 0) is 14.3 Å². The van der Waals surface area contributed by atoms with Gasteiger partial charge in [0.15, 0.2) is 5.76 Å². The van der Waals surface area contributed by atoms with E-state index in [-0.39, 0.29) is 24.4 Å². The number of amidine groups is 1. The number of carbonyl (C=O) groups is 1. The Morgan fingerprint density at radius 3 is 2.71 bits per heavy atom. The Labute approximate surface area is 177 Å². The first-order chi connectivity index (χ1) is 14.7. The molecule has 0 bridgehead atoms. The van der Waals surface area contributed by atoms with E-state index in [0.717, 1.165) is 10.7 Å². The van der Waals surface area contributed by atoms with Crippen LogP contribution in [0.25, 0.3) is 0 Å².